The molecule has 1 aromatic carbocycles. The first kappa shape index (κ1) is 20.2. The van der Waals surface area contributed by atoms with Crippen LogP contribution in [0.4, 0.5) is 0 Å². The van der Waals surface area contributed by atoms with E-state index >= 15 is 0 Å². The molecule has 0 bridgehead atoms. The molecule has 0 saturated heterocycles. The van der Waals surface area contributed by atoms with Crippen LogP contribution in [0.5, 0.6) is 0 Å². The number of hydrogen-bond acceptors (Lipinski definition) is 6. The molecule has 0 unspecified atom stereocenters. The number of carbonyl (C=O) groups excluding carboxylic acids is 2. The molecule has 0 radical (unpaired) electrons. The summed E-state index contributed by atoms with van der Waals surface area (Å²) in [6.07, 6.45) is 3.25. The highest BCUT2D eigenvalue weighted by Gasteiger charge is 2.22. The van der Waals surface area contributed by atoms with Crippen LogP contribution in [-0.4, -0.2) is 29.6 Å². The molecule has 0 spiro atoms. The zero-order valence-electron chi connectivity index (χ0n) is 15.8. The van der Waals surface area contributed by atoms with Gasteiger partial charge in [-0.15, -0.1) is 11.8 Å². The first-order valence-electron chi connectivity index (χ1n) is 8.58. The smallest absolute Gasteiger partial charge is 0.337 e. The Morgan fingerprint density at radius 1 is 1.21 bits per heavy atom. The van der Waals surface area contributed by atoms with Crippen molar-refractivity contribution in [1.82, 2.24) is 9.72 Å². The van der Waals surface area contributed by atoms with Gasteiger partial charge in [0, 0.05) is 17.6 Å². The summed E-state index contributed by atoms with van der Waals surface area (Å²) in [5.41, 5.74) is 1.39. The first-order valence-corrected chi connectivity index (χ1v) is 9.81. The van der Waals surface area contributed by atoms with E-state index < -0.39 is 17.4 Å². The maximum absolute atomic E-state index is 13.0. The number of nitrogens with zero attached hydrogens (tertiary/aromatic N) is 2. The van der Waals surface area contributed by atoms with Gasteiger partial charge in [0.2, 0.25) is 0 Å². The third-order valence-corrected chi connectivity index (χ3v) is 5.19. The second-order valence-corrected chi connectivity index (χ2v) is 6.84. The Kier molecular flexibility index (Phi) is 6.00. The molecule has 0 fully saturated rings. The lowest BCUT2D eigenvalue weighted by molar-refractivity contribution is 0.0600. The van der Waals surface area contributed by atoms with Crippen LogP contribution in [0.1, 0.15) is 31.8 Å². The highest BCUT2D eigenvalue weighted by molar-refractivity contribution is 7.98. The van der Waals surface area contributed by atoms with E-state index in [0.717, 1.165) is 5.56 Å². The van der Waals surface area contributed by atoms with Crippen molar-refractivity contribution in [1.29, 1.82) is 5.26 Å². The Morgan fingerprint density at radius 3 is 2.55 bits per heavy atom. The van der Waals surface area contributed by atoms with Crippen molar-refractivity contribution >= 4 is 29.2 Å². The summed E-state index contributed by atoms with van der Waals surface area (Å²) in [5.74, 6) is -0.831. The number of esters is 1. The van der Waals surface area contributed by atoms with E-state index in [1.807, 2.05) is 6.07 Å². The van der Waals surface area contributed by atoms with Gasteiger partial charge < -0.3 is 10.1 Å². The topological polar surface area (TPSA) is 101 Å². The molecule has 3 rings (SSSR count). The normalized spacial score (nSPS) is 10.4. The number of amides is 1. The number of rotatable bonds is 5. The number of benzene rings is 1. The maximum atomic E-state index is 13.0. The van der Waals surface area contributed by atoms with Crippen LogP contribution >= 0.6 is 11.8 Å². The van der Waals surface area contributed by atoms with Crippen LogP contribution in [0.15, 0.2) is 58.4 Å². The lowest BCUT2D eigenvalue weighted by Gasteiger charge is -2.14. The van der Waals surface area contributed by atoms with Gasteiger partial charge in [0.25, 0.3) is 11.5 Å². The Labute approximate surface area is 170 Å². The number of methoxy groups -OCH3 is 1. The molecule has 1 amide bonds. The highest BCUT2D eigenvalue weighted by atomic mass is 32.2. The average molecular weight is 407 g/mol. The standard InChI is InChI=1S/C21H17N3O4S/c1-28-21(27)14-8-6-13(7-9-14)12-23-19(25)17-16-5-3-4-10-24(16)20(26)15(11-22)18(17)29-2/h3-10H,12H2,1-2H3,(H,23,25). The molecule has 8 heteroatoms. The fraction of sp³-hybridized carbons (Fsp3) is 0.143. The fourth-order valence-corrected chi connectivity index (χ4v) is 3.69. The first-order chi connectivity index (χ1) is 14.0. The minimum Gasteiger partial charge on any atom is -0.465 e. The Hall–Kier alpha value is -3.57. The van der Waals surface area contributed by atoms with Crippen LogP contribution in [0.3, 0.4) is 0 Å². The quantitative estimate of drug-likeness (QED) is 0.515. The van der Waals surface area contributed by atoms with Gasteiger partial charge in [-0.1, -0.05) is 18.2 Å². The van der Waals surface area contributed by atoms with Crippen molar-refractivity contribution in [2.45, 2.75) is 11.4 Å². The summed E-state index contributed by atoms with van der Waals surface area (Å²) in [6.45, 7) is 0.216. The van der Waals surface area contributed by atoms with Crippen molar-refractivity contribution in [3.8, 4) is 6.07 Å². The molecule has 1 N–H and O–H groups in total. The number of carbonyl (C=O) groups is 2. The molecule has 0 aliphatic heterocycles. The van der Waals surface area contributed by atoms with E-state index in [1.54, 1.807) is 48.7 Å². The van der Waals surface area contributed by atoms with Crippen molar-refractivity contribution in [2.75, 3.05) is 13.4 Å². The summed E-state index contributed by atoms with van der Waals surface area (Å²) in [5, 5.41) is 12.3. The van der Waals surface area contributed by atoms with E-state index in [0.29, 0.717) is 16.0 Å². The van der Waals surface area contributed by atoms with Crippen molar-refractivity contribution < 1.29 is 14.3 Å². The lowest BCUT2D eigenvalue weighted by atomic mass is 10.1. The molecule has 146 valence electrons. The van der Waals surface area contributed by atoms with Gasteiger partial charge in [-0.05, 0) is 36.1 Å². The van der Waals surface area contributed by atoms with Gasteiger partial charge in [0.1, 0.15) is 11.6 Å². The zero-order valence-corrected chi connectivity index (χ0v) is 16.6. The highest BCUT2D eigenvalue weighted by Crippen LogP contribution is 2.26. The monoisotopic (exact) mass is 407 g/mol. The minimum atomic E-state index is -0.456. The minimum absolute atomic E-state index is 0.0613. The van der Waals surface area contributed by atoms with Crippen LogP contribution < -0.4 is 10.9 Å². The lowest BCUT2D eigenvalue weighted by Crippen LogP contribution is -2.28. The van der Waals surface area contributed by atoms with Crippen molar-refractivity contribution in [3.05, 3.63) is 81.3 Å². The number of nitriles is 1. The molecule has 0 saturated carbocycles. The van der Waals surface area contributed by atoms with Gasteiger partial charge in [0.15, 0.2) is 0 Å². The molecule has 0 aliphatic rings. The third-order valence-electron chi connectivity index (χ3n) is 4.37. The second kappa shape index (κ2) is 8.63. The van der Waals surface area contributed by atoms with Crippen LogP contribution in [0.2, 0.25) is 0 Å². The molecule has 0 aliphatic carbocycles. The summed E-state index contributed by atoms with van der Waals surface area (Å²) < 4.78 is 5.97. The molecular weight excluding hydrogens is 390 g/mol. The van der Waals surface area contributed by atoms with E-state index in [-0.39, 0.29) is 17.7 Å². The van der Waals surface area contributed by atoms with Gasteiger partial charge in [-0.25, -0.2) is 4.79 Å². The van der Waals surface area contributed by atoms with Crippen molar-refractivity contribution in [3.63, 3.8) is 0 Å². The number of hydrogen-bond donors (Lipinski definition) is 1. The summed E-state index contributed by atoms with van der Waals surface area (Å²) >= 11 is 1.19. The zero-order chi connectivity index (χ0) is 21.0. The largest absolute Gasteiger partial charge is 0.465 e. The predicted molar refractivity (Wildman–Crippen MR) is 109 cm³/mol. The molecule has 0 atom stereocenters. The predicted octanol–water partition coefficient (Wildman–Crippen LogP) is 2.61. The maximum Gasteiger partial charge on any atom is 0.337 e. The SMILES string of the molecule is COC(=O)c1ccc(CNC(=O)c2c(SC)c(C#N)c(=O)n3ccccc23)cc1. The number of nitrogens with one attached hydrogen (secondary N) is 1. The van der Waals surface area contributed by atoms with Crippen LogP contribution in [0.25, 0.3) is 5.52 Å². The van der Waals surface area contributed by atoms with E-state index in [4.69, 9.17) is 0 Å². The number of aromatic nitrogens is 1. The molecule has 7 nitrogen and oxygen atoms in total. The van der Waals surface area contributed by atoms with Gasteiger partial charge in [-0.2, -0.15) is 5.26 Å². The number of thioether (sulfide) groups is 1. The summed E-state index contributed by atoms with van der Waals surface area (Å²) in [6, 6.07) is 13.7. The number of ether oxygens (including phenoxy) is 1. The van der Waals surface area contributed by atoms with E-state index in [1.165, 1.54) is 29.5 Å². The molecule has 2 heterocycles. The van der Waals surface area contributed by atoms with E-state index in [2.05, 4.69) is 10.1 Å². The molecule has 3 aromatic rings. The van der Waals surface area contributed by atoms with E-state index in [9.17, 15) is 19.6 Å². The Bertz CT molecular complexity index is 1190. The van der Waals surface area contributed by atoms with Gasteiger partial charge in [-0.3, -0.25) is 14.0 Å². The molecule has 2 aromatic heterocycles. The van der Waals surface area contributed by atoms with Crippen LogP contribution in [-0.2, 0) is 11.3 Å². The molecular formula is C21H17N3O4S. The van der Waals surface area contributed by atoms with Crippen LogP contribution in [0, 0.1) is 11.3 Å². The Balaban J connectivity index is 1.95. The summed E-state index contributed by atoms with van der Waals surface area (Å²) in [7, 11) is 1.31. The average Bonchev–Trinajstić information content (AvgIpc) is 2.77. The number of pyridine rings is 2. The Morgan fingerprint density at radius 2 is 1.93 bits per heavy atom. The van der Waals surface area contributed by atoms with Crippen molar-refractivity contribution in [2.24, 2.45) is 0 Å². The fourth-order valence-electron chi connectivity index (χ4n) is 2.95. The van der Waals surface area contributed by atoms with Gasteiger partial charge >= 0.3 is 5.97 Å². The molecule has 29 heavy (non-hydrogen) atoms. The van der Waals surface area contributed by atoms with Gasteiger partial charge in [0.05, 0.1) is 23.8 Å². The third kappa shape index (κ3) is 3.86. The second-order valence-electron chi connectivity index (χ2n) is 6.03. The number of fused-ring (bicyclic) bond motifs is 1. The summed E-state index contributed by atoms with van der Waals surface area (Å²) in [4.78, 5) is 37.4.